The monoisotopic (exact) mass is 343 g/mol. The molecule has 1 aromatic heterocycles. The summed E-state index contributed by atoms with van der Waals surface area (Å²) in [5, 5.41) is 6.31. The number of nitrogens with zero attached hydrogens (tertiary/aromatic N) is 2. The van der Waals surface area contributed by atoms with Crippen LogP contribution in [0.15, 0.2) is 23.6 Å². The van der Waals surface area contributed by atoms with E-state index in [-0.39, 0.29) is 12.1 Å². The number of hydrogen-bond acceptors (Lipinski definition) is 3. The number of para-hydroxylation sites is 1. The van der Waals surface area contributed by atoms with Crippen LogP contribution in [0.3, 0.4) is 0 Å². The molecular formula is C19H25N3OS. The third-order valence-corrected chi connectivity index (χ3v) is 5.44. The zero-order valence-corrected chi connectivity index (χ0v) is 15.6. The smallest absolute Gasteiger partial charge is 0.316 e. The molecule has 5 heteroatoms. The number of aromatic nitrogens is 1. The average Bonchev–Trinajstić information content (AvgIpc) is 3.17. The van der Waals surface area contributed by atoms with Gasteiger partial charge in [-0.1, -0.05) is 32.0 Å². The van der Waals surface area contributed by atoms with E-state index in [2.05, 4.69) is 41.7 Å². The van der Waals surface area contributed by atoms with Crippen molar-refractivity contribution in [2.75, 3.05) is 11.9 Å². The predicted octanol–water partition coefficient (Wildman–Crippen LogP) is 5.25. The molecular weight excluding hydrogens is 318 g/mol. The average molecular weight is 343 g/mol. The van der Waals surface area contributed by atoms with E-state index >= 15 is 0 Å². The van der Waals surface area contributed by atoms with Crippen LogP contribution in [0.1, 0.15) is 60.5 Å². The largest absolute Gasteiger partial charge is 0.322 e. The fraction of sp³-hybridized carbons (Fsp3) is 0.474. The summed E-state index contributed by atoms with van der Waals surface area (Å²) in [6.07, 6.45) is 2.01. The summed E-state index contributed by atoms with van der Waals surface area (Å²) in [5.41, 5.74) is 4.27. The predicted molar refractivity (Wildman–Crippen MR) is 99.8 cm³/mol. The van der Waals surface area contributed by atoms with Gasteiger partial charge in [-0.05, 0) is 43.7 Å². The van der Waals surface area contributed by atoms with Crippen LogP contribution in [0.2, 0.25) is 0 Å². The molecule has 0 aliphatic carbocycles. The van der Waals surface area contributed by atoms with Crippen LogP contribution in [0.5, 0.6) is 0 Å². The molecule has 1 aromatic carbocycles. The zero-order valence-electron chi connectivity index (χ0n) is 14.8. The molecule has 2 aromatic rings. The minimum absolute atomic E-state index is 0.0145. The maximum atomic E-state index is 12.9. The molecule has 4 nitrogen and oxygen atoms in total. The number of rotatable bonds is 3. The molecule has 3 rings (SSSR count). The lowest BCUT2D eigenvalue weighted by molar-refractivity contribution is 0.206. The Hall–Kier alpha value is -1.88. The Morgan fingerprint density at radius 2 is 2.17 bits per heavy atom. The molecule has 1 aliphatic heterocycles. The first-order valence-corrected chi connectivity index (χ1v) is 9.44. The second kappa shape index (κ2) is 6.93. The van der Waals surface area contributed by atoms with E-state index in [1.807, 2.05) is 24.8 Å². The molecule has 2 amide bonds. The Labute approximate surface area is 147 Å². The molecule has 1 atom stereocenters. The topological polar surface area (TPSA) is 45.2 Å². The summed E-state index contributed by atoms with van der Waals surface area (Å²) in [5.74, 6) is 0.371. The van der Waals surface area contributed by atoms with Crippen LogP contribution >= 0.6 is 11.3 Å². The van der Waals surface area contributed by atoms with Crippen LogP contribution in [0.4, 0.5) is 10.5 Å². The van der Waals surface area contributed by atoms with E-state index in [4.69, 9.17) is 0 Å². The first-order chi connectivity index (χ1) is 11.5. The van der Waals surface area contributed by atoms with Crippen molar-refractivity contribution >= 4 is 23.1 Å². The van der Waals surface area contributed by atoms with Crippen molar-refractivity contribution in [3.05, 3.63) is 45.4 Å². The molecule has 1 N–H and O–H groups in total. The first kappa shape index (κ1) is 17.0. The Bertz CT molecular complexity index is 738. The molecule has 1 saturated heterocycles. The first-order valence-electron chi connectivity index (χ1n) is 8.56. The highest BCUT2D eigenvalue weighted by molar-refractivity contribution is 7.09. The number of hydrogen-bond donors (Lipinski definition) is 1. The van der Waals surface area contributed by atoms with E-state index in [1.54, 1.807) is 11.3 Å². The van der Waals surface area contributed by atoms with Gasteiger partial charge in [-0.3, -0.25) is 0 Å². The molecule has 0 unspecified atom stereocenters. The van der Waals surface area contributed by atoms with Crippen LogP contribution in [0.25, 0.3) is 0 Å². The summed E-state index contributed by atoms with van der Waals surface area (Å²) >= 11 is 1.65. The zero-order chi connectivity index (χ0) is 17.3. The molecule has 0 saturated carbocycles. The molecule has 1 aliphatic rings. The van der Waals surface area contributed by atoms with Gasteiger partial charge in [0.25, 0.3) is 0 Å². The Morgan fingerprint density at radius 1 is 1.38 bits per heavy atom. The minimum Gasteiger partial charge on any atom is -0.316 e. The number of benzene rings is 1. The second-order valence-electron chi connectivity index (χ2n) is 6.77. The maximum absolute atomic E-state index is 12.9. The van der Waals surface area contributed by atoms with Crippen molar-refractivity contribution in [2.45, 2.75) is 52.5 Å². The van der Waals surface area contributed by atoms with Crippen molar-refractivity contribution in [1.29, 1.82) is 0 Å². The van der Waals surface area contributed by atoms with Gasteiger partial charge in [0.05, 0.1) is 16.7 Å². The summed E-state index contributed by atoms with van der Waals surface area (Å²) < 4.78 is 0. The van der Waals surface area contributed by atoms with Gasteiger partial charge >= 0.3 is 6.03 Å². The fourth-order valence-corrected chi connectivity index (χ4v) is 4.03. The van der Waals surface area contributed by atoms with Crippen LogP contribution in [-0.4, -0.2) is 22.5 Å². The minimum atomic E-state index is -0.0145. The number of amides is 2. The molecule has 0 spiro atoms. The molecule has 0 bridgehead atoms. The van der Waals surface area contributed by atoms with Gasteiger partial charge in [-0.2, -0.15) is 0 Å². The van der Waals surface area contributed by atoms with Crippen molar-refractivity contribution < 1.29 is 4.79 Å². The van der Waals surface area contributed by atoms with Crippen molar-refractivity contribution in [3.8, 4) is 0 Å². The number of aryl methyl sites for hydroxylation is 2. The molecule has 24 heavy (non-hydrogen) atoms. The number of carbonyl (C=O) groups excluding carboxylic acids is 1. The van der Waals surface area contributed by atoms with Gasteiger partial charge in [0.2, 0.25) is 0 Å². The quantitative estimate of drug-likeness (QED) is 0.827. The molecule has 0 radical (unpaired) electrons. The summed E-state index contributed by atoms with van der Waals surface area (Å²) in [6, 6.07) is 6.28. The van der Waals surface area contributed by atoms with Gasteiger partial charge in [0.15, 0.2) is 0 Å². The van der Waals surface area contributed by atoms with E-state index in [0.29, 0.717) is 5.92 Å². The van der Waals surface area contributed by atoms with Gasteiger partial charge < -0.3 is 10.2 Å². The highest BCUT2D eigenvalue weighted by atomic mass is 32.1. The summed E-state index contributed by atoms with van der Waals surface area (Å²) in [4.78, 5) is 19.5. The van der Waals surface area contributed by atoms with E-state index in [9.17, 15) is 4.79 Å². The number of urea groups is 1. The lowest BCUT2D eigenvalue weighted by Gasteiger charge is -2.25. The summed E-state index contributed by atoms with van der Waals surface area (Å²) in [6.45, 7) is 9.15. The third kappa shape index (κ3) is 3.31. The molecule has 1 fully saturated rings. The normalized spacial score (nSPS) is 17.5. The highest BCUT2D eigenvalue weighted by Gasteiger charge is 2.32. The second-order valence-corrected chi connectivity index (χ2v) is 7.83. The third-order valence-electron chi connectivity index (χ3n) is 4.65. The number of nitrogens with one attached hydrogen (secondary N) is 1. The Balaban J connectivity index is 1.82. The van der Waals surface area contributed by atoms with E-state index < -0.39 is 0 Å². The summed E-state index contributed by atoms with van der Waals surface area (Å²) in [7, 11) is 0. The highest BCUT2D eigenvalue weighted by Crippen LogP contribution is 2.34. The SMILES string of the molecule is Cc1nc([C@H]2CCCN2C(=O)Nc2c(C)cccc2C(C)C)cs1. The lowest BCUT2D eigenvalue weighted by Crippen LogP contribution is -2.35. The van der Waals surface area contributed by atoms with Crippen LogP contribution in [-0.2, 0) is 0 Å². The van der Waals surface area contributed by atoms with E-state index in [1.165, 1.54) is 5.56 Å². The lowest BCUT2D eigenvalue weighted by atomic mass is 9.98. The number of likely N-dealkylation sites (tertiary alicyclic amines) is 1. The van der Waals surface area contributed by atoms with Crippen molar-refractivity contribution in [1.82, 2.24) is 9.88 Å². The standard InChI is InChI=1S/C19H25N3OS/c1-12(2)15-8-5-7-13(3)18(15)21-19(23)22-10-6-9-17(22)16-11-24-14(4)20-16/h5,7-8,11-12,17H,6,9-10H2,1-4H3,(H,21,23)/t17-/m1/s1. The van der Waals surface area contributed by atoms with Gasteiger partial charge in [-0.15, -0.1) is 11.3 Å². The van der Waals surface area contributed by atoms with Gasteiger partial charge in [0.1, 0.15) is 0 Å². The Kier molecular flexibility index (Phi) is 4.90. The van der Waals surface area contributed by atoms with Crippen molar-refractivity contribution in [3.63, 3.8) is 0 Å². The van der Waals surface area contributed by atoms with Crippen LogP contribution < -0.4 is 5.32 Å². The number of thiazole rings is 1. The van der Waals surface area contributed by atoms with E-state index in [0.717, 1.165) is 41.3 Å². The number of carbonyl (C=O) groups is 1. The van der Waals surface area contributed by atoms with Gasteiger partial charge in [-0.25, -0.2) is 9.78 Å². The number of anilines is 1. The maximum Gasteiger partial charge on any atom is 0.322 e. The van der Waals surface area contributed by atoms with Crippen molar-refractivity contribution in [2.24, 2.45) is 0 Å². The van der Waals surface area contributed by atoms with Gasteiger partial charge in [0, 0.05) is 17.6 Å². The molecule has 2 heterocycles. The fourth-order valence-electron chi connectivity index (χ4n) is 3.37. The molecule has 128 valence electrons. The Morgan fingerprint density at radius 3 is 2.83 bits per heavy atom. The van der Waals surface area contributed by atoms with Crippen LogP contribution in [0, 0.1) is 13.8 Å².